The summed E-state index contributed by atoms with van der Waals surface area (Å²) >= 11 is 7.83. The summed E-state index contributed by atoms with van der Waals surface area (Å²) in [5, 5.41) is 9.17. The van der Waals surface area contributed by atoms with Crippen LogP contribution in [0.4, 0.5) is 28.8 Å². The van der Waals surface area contributed by atoms with Crippen LogP contribution in [0.5, 0.6) is 5.75 Å². The zero-order valence-electron chi connectivity index (χ0n) is 36.1. The number of halogens is 1. The van der Waals surface area contributed by atoms with E-state index >= 15 is 0 Å². The highest BCUT2D eigenvalue weighted by Gasteiger charge is 2.45. The van der Waals surface area contributed by atoms with Crippen molar-refractivity contribution in [3.63, 3.8) is 0 Å². The van der Waals surface area contributed by atoms with Gasteiger partial charge in [0, 0.05) is 94.8 Å². The smallest absolute Gasteiger partial charge is 0.362 e. The maximum atomic E-state index is 13.5. The van der Waals surface area contributed by atoms with Gasteiger partial charge in [0.25, 0.3) is 11.8 Å². The third-order valence-corrected chi connectivity index (χ3v) is 15.4. The largest absolute Gasteiger partial charge is 0.494 e. The number of imide groups is 2. The topological polar surface area (TPSA) is 205 Å². The standard InChI is InChI=1S/C44H49ClN9O9PS/c1-61-34-25-28(11-12-31(34)48-44-46-26-30(45)40(50-44)47-32-8-4-5-9-35(32)64(60,62-2)63-3)51-18-15-27(16-19-51)52-20-22-53(23-21-52)38(56)17-24-65-36-10-6-7-29-39(36)43(59)54(42(29)58)33-13-14-37(55)49-41(33)57/h4-12,25-27,33H,13-24H2,1-3H3,(H,49,55,57)(H2,46,47,48,50). The van der Waals surface area contributed by atoms with Gasteiger partial charge in [-0.3, -0.25) is 43.7 Å². The molecule has 18 nitrogen and oxygen atoms in total. The minimum absolute atomic E-state index is 0.0440. The van der Waals surface area contributed by atoms with Crippen molar-refractivity contribution < 1.29 is 42.3 Å². The molecule has 1 aromatic heterocycles. The Kier molecular flexibility index (Phi) is 14.1. The number of anilines is 5. The number of fused-ring (bicyclic) bond motifs is 1. The van der Waals surface area contributed by atoms with Crippen LogP contribution in [0.25, 0.3) is 0 Å². The fourth-order valence-electron chi connectivity index (χ4n) is 8.67. The van der Waals surface area contributed by atoms with Gasteiger partial charge in [0.15, 0.2) is 5.82 Å². The third kappa shape index (κ3) is 9.71. The average molecular weight is 946 g/mol. The fourth-order valence-corrected chi connectivity index (χ4v) is 11.1. The Balaban J connectivity index is 0.805. The molecule has 65 heavy (non-hydrogen) atoms. The van der Waals surface area contributed by atoms with Crippen molar-refractivity contribution in [3.05, 3.63) is 83.0 Å². The minimum Gasteiger partial charge on any atom is -0.494 e. The van der Waals surface area contributed by atoms with Crippen LogP contribution in [0, 0.1) is 0 Å². The number of nitrogens with zero attached hydrogens (tertiary/aromatic N) is 6. The number of amides is 5. The molecule has 5 amide bonds. The van der Waals surface area contributed by atoms with Crippen LogP contribution in [0.15, 0.2) is 71.8 Å². The number of carbonyl (C=O) groups excluding carboxylic acids is 5. The molecule has 1 unspecified atom stereocenters. The predicted octanol–water partition coefficient (Wildman–Crippen LogP) is 5.43. The summed E-state index contributed by atoms with van der Waals surface area (Å²) in [6.07, 6.45) is 3.82. The number of para-hydroxylation sites is 1. The van der Waals surface area contributed by atoms with Crippen molar-refractivity contribution in [2.75, 3.05) is 81.9 Å². The number of piperidine rings is 2. The number of thioether (sulfide) groups is 1. The van der Waals surface area contributed by atoms with Crippen LogP contribution in [-0.4, -0.2) is 133 Å². The zero-order valence-corrected chi connectivity index (χ0v) is 38.5. The van der Waals surface area contributed by atoms with E-state index in [1.165, 1.54) is 32.2 Å². The number of hydrogen-bond acceptors (Lipinski definition) is 16. The lowest BCUT2D eigenvalue weighted by Crippen LogP contribution is -2.54. The summed E-state index contributed by atoms with van der Waals surface area (Å²) in [4.78, 5) is 81.4. The second-order valence-electron chi connectivity index (χ2n) is 15.8. The van der Waals surface area contributed by atoms with Gasteiger partial charge in [0.2, 0.25) is 23.7 Å². The maximum absolute atomic E-state index is 13.5. The number of hydrogen-bond donors (Lipinski definition) is 3. The van der Waals surface area contributed by atoms with E-state index in [0.717, 1.165) is 49.6 Å². The van der Waals surface area contributed by atoms with E-state index in [1.54, 1.807) is 49.6 Å². The second kappa shape index (κ2) is 19.9. The lowest BCUT2D eigenvalue weighted by molar-refractivity contribution is -0.136. The molecule has 3 fully saturated rings. The predicted molar refractivity (Wildman–Crippen MR) is 246 cm³/mol. The molecule has 0 radical (unpaired) electrons. The van der Waals surface area contributed by atoms with E-state index in [0.29, 0.717) is 52.2 Å². The average Bonchev–Trinajstić information content (AvgIpc) is 3.58. The monoisotopic (exact) mass is 945 g/mol. The Hall–Kier alpha value is -5.56. The highest BCUT2D eigenvalue weighted by Crippen LogP contribution is 2.47. The van der Waals surface area contributed by atoms with Crippen LogP contribution in [0.1, 0.15) is 52.8 Å². The Morgan fingerprint density at radius 2 is 1.65 bits per heavy atom. The van der Waals surface area contributed by atoms with E-state index in [4.69, 9.17) is 25.4 Å². The number of rotatable bonds is 15. The Bertz CT molecular complexity index is 2550. The molecule has 8 rings (SSSR count). The van der Waals surface area contributed by atoms with Crippen molar-refractivity contribution in [2.45, 2.75) is 49.1 Å². The molecule has 3 N–H and O–H groups in total. The second-order valence-corrected chi connectivity index (χ2v) is 19.5. The van der Waals surface area contributed by atoms with E-state index in [-0.39, 0.29) is 53.1 Å². The third-order valence-electron chi connectivity index (χ3n) is 12.1. The lowest BCUT2D eigenvalue weighted by Gasteiger charge is -2.43. The number of carbonyl (C=O) groups is 5. The van der Waals surface area contributed by atoms with Gasteiger partial charge >= 0.3 is 7.60 Å². The summed E-state index contributed by atoms with van der Waals surface area (Å²) in [6, 6.07) is 17.2. The summed E-state index contributed by atoms with van der Waals surface area (Å²) in [6.45, 7) is 4.55. The van der Waals surface area contributed by atoms with E-state index in [1.807, 2.05) is 23.1 Å². The lowest BCUT2D eigenvalue weighted by atomic mass is 10.0. The fraction of sp³-hybridized carbons (Fsp3) is 0.386. The maximum Gasteiger partial charge on any atom is 0.362 e. The molecular formula is C44H49ClN9O9PS. The van der Waals surface area contributed by atoms with Crippen LogP contribution in [-0.2, 0) is 28.0 Å². The molecule has 0 bridgehead atoms. The molecule has 0 aliphatic carbocycles. The molecule has 21 heteroatoms. The molecule has 1 atom stereocenters. The summed E-state index contributed by atoms with van der Waals surface area (Å²) in [7, 11) is 0.669. The molecule has 4 aliphatic rings. The first-order valence-corrected chi connectivity index (χ1v) is 24.1. The SMILES string of the molecule is COc1cc(N2CCC(N3CCN(C(=O)CCSc4cccc5c4C(=O)N(C4CCC(=O)NC4=O)C5=O)CC3)CC2)ccc1Nc1ncc(Cl)c(Nc2ccccc2P(=O)(OC)OC)n1. The summed E-state index contributed by atoms with van der Waals surface area (Å²) < 4.78 is 29.4. The van der Waals surface area contributed by atoms with Crippen LogP contribution >= 0.6 is 31.0 Å². The van der Waals surface area contributed by atoms with Crippen molar-refractivity contribution in [1.82, 2.24) is 30.0 Å². The van der Waals surface area contributed by atoms with Gasteiger partial charge in [-0.25, -0.2) is 4.98 Å². The van der Waals surface area contributed by atoms with Crippen molar-refractivity contribution in [2.24, 2.45) is 0 Å². The first kappa shape index (κ1) is 46.0. The van der Waals surface area contributed by atoms with Crippen molar-refractivity contribution >= 4 is 94.6 Å². The van der Waals surface area contributed by atoms with Crippen LogP contribution < -0.4 is 30.9 Å². The number of methoxy groups -OCH3 is 1. The van der Waals surface area contributed by atoms with Gasteiger partial charge in [-0.05, 0) is 55.7 Å². The van der Waals surface area contributed by atoms with Crippen molar-refractivity contribution in [1.29, 1.82) is 0 Å². The van der Waals surface area contributed by atoms with Gasteiger partial charge in [-0.1, -0.05) is 29.8 Å². The first-order chi connectivity index (χ1) is 31.4. The molecule has 4 aromatic rings. The number of nitrogens with one attached hydrogen (secondary N) is 3. The number of benzene rings is 3. The Labute approximate surface area is 385 Å². The molecule has 5 heterocycles. The zero-order chi connectivity index (χ0) is 45.8. The van der Waals surface area contributed by atoms with Gasteiger partial charge in [0.05, 0.1) is 41.1 Å². The summed E-state index contributed by atoms with van der Waals surface area (Å²) in [5.41, 5.74) is 2.60. The highest BCUT2D eigenvalue weighted by atomic mass is 35.5. The molecule has 342 valence electrons. The number of piperazine rings is 1. The number of ether oxygens (including phenoxy) is 1. The molecule has 4 aliphatic heterocycles. The molecule has 0 saturated carbocycles. The molecule has 3 aromatic carbocycles. The van der Waals surface area contributed by atoms with Crippen LogP contribution in [0.2, 0.25) is 5.02 Å². The summed E-state index contributed by atoms with van der Waals surface area (Å²) in [5.74, 6) is -0.557. The van der Waals surface area contributed by atoms with Gasteiger partial charge in [-0.2, -0.15) is 4.98 Å². The highest BCUT2D eigenvalue weighted by molar-refractivity contribution is 7.99. The van der Waals surface area contributed by atoms with E-state index in [2.05, 4.69) is 35.7 Å². The van der Waals surface area contributed by atoms with Crippen LogP contribution in [0.3, 0.4) is 0 Å². The molecule has 0 spiro atoms. The van der Waals surface area contributed by atoms with E-state index < -0.39 is 37.3 Å². The van der Waals surface area contributed by atoms with Crippen molar-refractivity contribution in [3.8, 4) is 5.75 Å². The Morgan fingerprint density at radius 3 is 2.37 bits per heavy atom. The van der Waals surface area contributed by atoms with Gasteiger partial charge in [0.1, 0.15) is 16.8 Å². The van der Waals surface area contributed by atoms with E-state index in [9.17, 15) is 28.5 Å². The van der Waals surface area contributed by atoms with Gasteiger partial charge in [-0.15, -0.1) is 11.8 Å². The number of aromatic nitrogens is 2. The molecular weight excluding hydrogens is 897 g/mol. The first-order valence-electron chi connectivity index (χ1n) is 21.2. The normalized spacial score (nSPS) is 18.5. The molecule has 3 saturated heterocycles. The Morgan fingerprint density at radius 1 is 0.892 bits per heavy atom. The minimum atomic E-state index is -3.58. The van der Waals surface area contributed by atoms with Gasteiger partial charge < -0.3 is 34.2 Å². The quantitative estimate of drug-likeness (QED) is 0.0772.